The van der Waals surface area contributed by atoms with Crippen LogP contribution in [0.1, 0.15) is 47.2 Å². The highest BCUT2D eigenvalue weighted by molar-refractivity contribution is 7.15. The van der Waals surface area contributed by atoms with Gasteiger partial charge in [-0.15, -0.1) is 15.3 Å². The molecule has 41 heavy (non-hydrogen) atoms. The number of aromatic nitrogens is 4. The summed E-state index contributed by atoms with van der Waals surface area (Å²) in [6, 6.07) is 21.5. The van der Waals surface area contributed by atoms with Crippen LogP contribution in [0.2, 0.25) is 0 Å². The summed E-state index contributed by atoms with van der Waals surface area (Å²) in [4.78, 5) is 23.4. The Morgan fingerprint density at radius 3 is 2.41 bits per heavy atom. The van der Waals surface area contributed by atoms with Crippen molar-refractivity contribution in [3.8, 4) is 0 Å². The molecule has 0 saturated heterocycles. The van der Waals surface area contributed by atoms with Crippen molar-refractivity contribution in [1.29, 1.82) is 0 Å². The van der Waals surface area contributed by atoms with Crippen LogP contribution in [-0.4, -0.2) is 45.5 Å². The van der Waals surface area contributed by atoms with Crippen LogP contribution in [0.3, 0.4) is 0 Å². The molecule has 0 aliphatic carbocycles. The lowest BCUT2D eigenvalue weighted by atomic mass is 10.1. The van der Waals surface area contributed by atoms with Gasteiger partial charge in [-0.05, 0) is 48.1 Å². The van der Waals surface area contributed by atoms with E-state index in [4.69, 9.17) is 4.74 Å². The number of amides is 2. The third-order valence-corrected chi connectivity index (χ3v) is 7.16. The maximum absolute atomic E-state index is 12.3. The summed E-state index contributed by atoms with van der Waals surface area (Å²) in [6.45, 7) is 1.91. The minimum absolute atomic E-state index is 0.00357. The molecule has 2 amide bonds. The summed E-state index contributed by atoms with van der Waals surface area (Å²) in [7, 11) is 1.67. The largest absolute Gasteiger partial charge is 0.361 e. The Morgan fingerprint density at radius 1 is 0.878 bits per heavy atom. The topological polar surface area (TPSA) is 131 Å². The van der Waals surface area contributed by atoms with Crippen molar-refractivity contribution in [1.82, 2.24) is 25.7 Å². The van der Waals surface area contributed by atoms with E-state index in [1.54, 1.807) is 13.2 Å². The van der Waals surface area contributed by atoms with Gasteiger partial charge < -0.3 is 20.7 Å². The minimum atomic E-state index is -0.266. The zero-order chi connectivity index (χ0) is 28.9. The quantitative estimate of drug-likeness (QED) is 0.141. The number of hydrogen-bond donors (Lipinski definition) is 3. The normalized spacial score (nSPS) is 11.6. The molecular formula is C30H35N7O3S. The van der Waals surface area contributed by atoms with E-state index < -0.39 is 0 Å². The molecule has 1 unspecified atom stereocenters. The molecule has 0 bridgehead atoms. The van der Waals surface area contributed by atoms with Gasteiger partial charge in [0.05, 0.1) is 12.1 Å². The Bertz CT molecular complexity index is 1400. The summed E-state index contributed by atoms with van der Waals surface area (Å²) < 4.78 is 5.67. The monoisotopic (exact) mass is 573 g/mol. The van der Waals surface area contributed by atoms with E-state index in [1.807, 2.05) is 54.6 Å². The highest BCUT2D eigenvalue weighted by atomic mass is 32.1. The van der Waals surface area contributed by atoms with Gasteiger partial charge in [-0.3, -0.25) is 9.59 Å². The van der Waals surface area contributed by atoms with Crippen LogP contribution < -0.4 is 16.0 Å². The van der Waals surface area contributed by atoms with Crippen molar-refractivity contribution < 1.29 is 14.3 Å². The van der Waals surface area contributed by atoms with Crippen molar-refractivity contribution in [2.24, 2.45) is 0 Å². The number of ether oxygens (including phenoxy) is 1. The molecule has 2 heterocycles. The van der Waals surface area contributed by atoms with Crippen LogP contribution in [0.25, 0.3) is 0 Å². The average Bonchev–Trinajstić information content (AvgIpc) is 3.42. The lowest BCUT2D eigenvalue weighted by molar-refractivity contribution is -0.120. The fraction of sp³-hybridized carbons (Fsp3) is 0.333. The van der Waals surface area contributed by atoms with Crippen molar-refractivity contribution in [3.05, 3.63) is 94.1 Å². The molecule has 2 aromatic carbocycles. The number of carbonyl (C=O) groups is 2. The van der Waals surface area contributed by atoms with Gasteiger partial charge in [-0.25, -0.2) is 0 Å². The van der Waals surface area contributed by atoms with Crippen molar-refractivity contribution in [2.45, 2.75) is 58.2 Å². The molecule has 4 aromatic rings. The molecule has 0 spiro atoms. The van der Waals surface area contributed by atoms with E-state index in [-0.39, 0.29) is 18.0 Å². The van der Waals surface area contributed by atoms with Gasteiger partial charge >= 0.3 is 0 Å². The third-order valence-electron chi connectivity index (χ3n) is 6.24. The molecule has 10 nitrogen and oxygen atoms in total. The van der Waals surface area contributed by atoms with Crippen LogP contribution in [0.4, 0.5) is 10.9 Å². The molecule has 0 aliphatic rings. The summed E-state index contributed by atoms with van der Waals surface area (Å²) in [5, 5.41) is 27.4. The number of benzene rings is 2. The molecule has 11 heteroatoms. The second kappa shape index (κ2) is 15.5. The number of nitrogens with zero attached hydrogens (tertiary/aromatic N) is 4. The Labute approximate surface area is 244 Å². The number of rotatable bonds is 15. The molecule has 4 rings (SSSR count). The van der Waals surface area contributed by atoms with Crippen molar-refractivity contribution in [2.75, 3.05) is 17.7 Å². The van der Waals surface area contributed by atoms with E-state index in [2.05, 4.69) is 42.4 Å². The predicted octanol–water partition coefficient (Wildman–Crippen LogP) is 4.34. The van der Waals surface area contributed by atoms with Gasteiger partial charge in [-0.2, -0.15) is 5.10 Å². The summed E-state index contributed by atoms with van der Waals surface area (Å²) in [6.07, 6.45) is 4.26. The number of unbranched alkanes of at least 4 members (excludes halogenated alkanes) is 1. The Balaban J connectivity index is 1.19. The highest BCUT2D eigenvalue weighted by Crippen LogP contribution is 2.20. The number of anilines is 2. The van der Waals surface area contributed by atoms with Gasteiger partial charge in [0.1, 0.15) is 11.2 Å². The van der Waals surface area contributed by atoms with Crippen LogP contribution in [0.5, 0.6) is 0 Å². The zero-order valence-electron chi connectivity index (χ0n) is 23.3. The summed E-state index contributed by atoms with van der Waals surface area (Å²) in [5.74, 6) is 0.289. The molecule has 0 fully saturated rings. The number of hydrogen-bond acceptors (Lipinski definition) is 9. The van der Waals surface area contributed by atoms with Gasteiger partial charge in [0.25, 0.3) is 0 Å². The van der Waals surface area contributed by atoms with E-state index in [0.717, 1.165) is 58.2 Å². The first-order valence-corrected chi connectivity index (χ1v) is 14.4. The maximum atomic E-state index is 12.3. The first-order valence-electron chi connectivity index (χ1n) is 13.6. The van der Waals surface area contributed by atoms with Crippen molar-refractivity contribution >= 4 is 34.1 Å². The average molecular weight is 574 g/mol. The molecular weight excluding hydrogens is 538 g/mol. The molecule has 0 radical (unpaired) electrons. The van der Waals surface area contributed by atoms with Gasteiger partial charge in [0.15, 0.2) is 5.82 Å². The van der Waals surface area contributed by atoms with Gasteiger partial charge in [-0.1, -0.05) is 65.9 Å². The molecule has 1 atom stereocenters. The van der Waals surface area contributed by atoms with Crippen molar-refractivity contribution in [3.63, 3.8) is 0 Å². The summed E-state index contributed by atoms with van der Waals surface area (Å²) >= 11 is 1.53. The van der Waals surface area contributed by atoms with Gasteiger partial charge in [0.2, 0.25) is 16.9 Å². The zero-order valence-corrected chi connectivity index (χ0v) is 24.1. The third kappa shape index (κ3) is 10.4. The number of carbonyl (C=O) groups excluding carboxylic acids is 2. The highest BCUT2D eigenvalue weighted by Gasteiger charge is 2.13. The Kier molecular flexibility index (Phi) is 11.3. The smallest absolute Gasteiger partial charge is 0.224 e. The molecule has 0 aliphatic heterocycles. The first kappa shape index (κ1) is 29.8. The lowest BCUT2D eigenvalue weighted by Gasteiger charge is -2.16. The second-order valence-corrected chi connectivity index (χ2v) is 10.7. The standard InChI is InChI=1S/C30H35N7O3S/c1-21(38)32-26-16-15-25(34-35-26)13-6-7-14-29-36-37-30(41-29)33-28(40-2)19-23-11-8-12-24(17-23)20-31-27(39)18-22-9-4-3-5-10-22/h3-5,8-12,15-17,28H,6-7,13-14,18-20H2,1-2H3,(H,31,39)(H,33,37)(H,32,35,38). The van der Waals surface area contributed by atoms with Gasteiger partial charge in [0, 0.05) is 33.4 Å². The Hall–Kier alpha value is -4.22. The van der Waals surface area contributed by atoms with E-state index in [1.165, 1.54) is 18.3 Å². The van der Waals surface area contributed by atoms with Crippen LogP contribution >= 0.6 is 11.3 Å². The molecule has 3 N–H and O–H groups in total. The second-order valence-electron chi connectivity index (χ2n) is 9.63. The molecule has 214 valence electrons. The van der Waals surface area contributed by atoms with Crippen LogP contribution in [0, 0.1) is 0 Å². The number of methoxy groups -OCH3 is 1. The predicted molar refractivity (Wildman–Crippen MR) is 159 cm³/mol. The minimum Gasteiger partial charge on any atom is -0.361 e. The van der Waals surface area contributed by atoms with Crippen LogP contribution in [-0.2, 0) is 46.6 Å². The fourth-order valence-corrected chi connectivity index (χ4v) is 5.01. The maximum Gasteiger partial charge on any atom is 0.224 e. The fourth-order valence-electron chi connectivity index (χ4n) is 4.19. The number of aryl methyl sites for hydroxylation is 2. The molecule has 2 aromatic heterocycles. The van der Waals surface area contributed by atoms with E-state index >= 15 is 0 Å². The lowest BCUT2D eigenvalue weighted by Crippen LogP contribution is -2.25. The first-order chi connectivity index (χ1) is 20.0. The van der Waals surface area contributed by atoms with E-state index in [9.17, 15) is 9.59 Å². The number of nitrogens with one attached hydrogen (secondary N) is 3. The summed E-state index contributed by atoms with van der Waals surface area (Å²) in [5.41, 5.74) is 4.01. The SMILES string of the molecule is COC(Cc1cccc(CNC(=O)Cc2ccccc2)c1)Nc1nnc(CCCCc2ccc(NC(C)=O)nn2)s1. The molecule has 0 saturated carbocycles. The van der Waals surface area contributed by atoms with E-state index in [0.29, 0.717) is 25.2 Å². The van der Waals surface area contributed by atoms with Crippen LogP contribution in [0.15, 0.2) is 66.7 Å². The Morgan fingerprint density at radius 2 is 1.66 bits per heavy atom.